The van der Waals surface area contributed by atoms with Gasteiger partial charge in [0.2, 0.25) is 12.0 Å². The minimum absolute atomic E-state index is 0.0266. The van der Waals surface area contributed by atoms with Gasteiger partial charge < -0.3 is 20.5 Å². The summed E-state index contributed by atoms with van der Waals surface area (Å²) in [5.74, 6) is 1.09. The molecule has 0 aromatic heterocycles. The van der Waals surface area contributed by atoms with E-state index in [1.165, 1.54) is 20.2 Å². The van der Waals surface area contributed by atoms with E-state index in [4.69, 9.17) is 20.0 Å². The standard InChI is InChI=1S/C23H24N4O3.C2H3NO/c1-25-23(28)27-22(24)26-19-12-13-20(29-15-17-8-4-2-5-9-17)21(14-19)30-16-18-10-6-3-7-11-18;1-3-2-4/h2-14H,15-16H2,1H3,(H4,24,25,26,27,28);1H3. The van der Waals surface area contributed by atoms with E-state index >= 15 is 0 Å². The summed E-state index contributed by atoms with van der Waals surface area (Å²) in [6.45, 7) is 0.785. The smallest absolute Gasteiger partial charge is 0.321 e. The first-order valence-corrected chi connectivity index (χ1v) is 10.3. The molecule has 0 bridgehead atoms. The first kappa shape index (κ1) is 25.6. The Kier molecular flexibility index (Phi) is 10.9. The molecule has 0 unspecified atom stereocenters. The first-order valence-electron chi connectivity index (χ1n) is 10.3. The monoisotopic (exact) mass is 461 g/mol. The van der Waals surface area contributed by atoms with Crippen LogP contribution in [0.5, 0.6) is 11.5 Å². The van der Waals surface area contributed by atoms with Gasteiger partial charge in [-0.1, -0.05) is 60.7 Å². The fraction of sp³-hybridized carbons (Fsp3) is 0.160. The average Bonchev–Trinajstić information content (AvgIpc) is 2.88. The van der Waals surface area contributed by atoms with Crippen molar-refractivity contribution in [1.82, 2.24) is 10.6 Å². The molecule has 0 saturated carbocycles. The molecular weight excluding hydrogens is 434 g/mol. The molecule has 0 heterocycles. The predicted octanol–water partition coefficient (Wildman–Crippen LogP) is 3.67. The van der Waals surface area contributed by atoms with Crippen molar-refractivity contribution in [1.29, 1.82) is 0 Å². The zero-order valence-corrected chi connectivity index (χ0v) is 19.0. The van der Waals surface area contributed by atoms with Crippen LogP contribution in [0.15, 0.2) is 88.8 Å². The minimum atomic E-state index is -0.445. The van der Waals surface area contributed by atoms with Crippen molar-refractivity contribution < 1.29 is 19.1 Å². The molecule has 4 N–H and O–H groups in total. The Morgan fingerprint density at radius 2 is 1.44 bits per heavy atom. The second-order valence-electron chi connectivity index (χ2n) is 6.70. The van der Waals surface area contributed by atoms with E-state index in [-0.39, 0.29) is 5.96 Å². The summed E-state index contributed by atoms with van der Waals surface area (Å²) in [5, 5.41) is 4.84. The van der Waals surface area contributed by atoms with Crippen LogP contribution in [-0.2, 0) is 18.0 Å². The lowest BCUT2D eigenvalue weighted by molar-refractivity contribution is 0.247. The van der Waals surface area contributed by atoms with Crippen LogP contribution in [0.3, 0.4) is 0 Å². The van der Waals surface area contributed by atoms with Gasteiger partial charge in [0, 0.05) is 20.2 Å². The topological polar surface area (TPSA) is 127 Å². The quantitative estimate of drug-likeness (QED) is 0.281. The molecule has 34 heavy (non-hydrogen) atoms. The lowest BCUT2D eigenvalue weighted by Crippen LogP contribution is -2.41. The Balaban J connectivity index is 0.000000945. The number of ether oxygens (including phenoxy) is 2. The Bertz CT molecular complexity index is 1110. The average molecular weight is 462 g/mol. The number of carbonyl (C=O) groups excluding carboxylic acids is 2. The third-order valence-electron chi connectivity index (χ3n) is 4.21. The van der Waals surface area contributed by atoms with Gasteiger partial charge in [-0.25, -0.2) is 19.6 Å². The largest absolute Gasteiger partial charge is 0.485 e. The fourth-order valence-corrected chi connectivity index (χ4v) is 2.61. The van der Waals surface area contributed by atoms with Gasteiger partial charge in [0.25, 0.3) is 0 Å². The Labute approximate surface area is 198 Å². The van der Waals surface area contributed by atoms with Gasteiger partial charge in [0.1, 0.15) is 13.2 Å². The minimum Gasteiger partial charge on any atom is -0.485 e. The summed E-state index contributed by atoms with van der Waals surface area (Å²) >= 11 is 0. The van der Waals surface area contributed by atoms with Crippen molar-refractivity contribution in [2.45, 2.75) is 13.2 Å². The van der Waals surface area contributed by atoms with Crippen molar-refractivity contribution in [3.05, 3.63) is 90.0 Å². The van der Waals surface area contributed by atoms with Gasteiger partial charge in [-0.15, -0.1) is 0 Å². The summed E-state index contributed by atoms with van der Waals surface area (Å²) in [5.41, 5.74) is 8.38. The summed E-state index contributed by atoms with van der Waals surface area (Å²) in [7, 11) is 2.88. The van der Waals surface area contributed by atoms with Gasteiger partial charge in [-0.05, 0) is 23.3 Å². The molecule has 3 aromatic rings. The van der Waals surface area contributed by atoms with Crippen molar-refractivity contribution in [2.75, 3.05) is 14.1 Å². The molecule has 0 radical (unpaired) electrons. The van der Waals surface area contributed by atoms with Crippen molar-refractivity contribution in [3.63, 3.8) is 0 Å². The maximum atomic E-state index is 11.4. The summed E-state index contributed by atoms with van der Waals surface area (Å²) < 4.78 is 12.0. The van der Waals surface area contributed by atoms with E-state index in [0.717, 1.165) is 11.1 Å². The molecule has 0 spiro atoms. The Hall–Kier alpha value is -4.62. The van der Waals surface area contributed by atoms with Crippen LogP contribution >= 0.6 is 0 Å². The highest BCUT2D eigenvalue weighted by Crippen LogP contribution is 2.33. The van der Waals surface area contributed by atoms with E-state index in [1.807, 2.05) is 60.7 Å². The molecule has 176 valence electrons. The van der Waals surface area contributed by atoms with Crippen LogP contribution in [0.1, 0.15) is 11.1 Å². The van der Waals surface area contributed by atoms with E-state index in [2.05, 4.69) is 20.6 Å². The molecule has 0 atom stereocenters. The molecule has 3 aromatic carbocycles. The number of rotatable bonds is 7. The first-order chi connectivity index (χ1) is 16.5. The number of benzene rings is 3. The normalized spacial score (nSPS) is 10.1. The number of nitrogens with one attached hydrogen (secondary N) is 2. The van der Waals surface area contributed by atoms with Gasteiger partial charge in [-0.2, -0.15) is 0 Å². The van der Waals surface area contributed by atoms with Gasteiger partial charge in [-0.3, -0.25) is 5.32 Å². The zero-order chi connectivity index (χ0) is 24.6. The third kappa shape index (κ3) is 9.25. The van der Waals surface area contributed by atoms with Gasteiger partial charge in [0.05, 0.1) is 5.69 Å². The maximum absolute atomic E-state index is 11.4. The number of nitrogens with zero attached hydrogens (tertiary/aromatic N) is 2. The number of isocyanates is 1. The molecule has 0 saturated heterocycles. The fourth-order valence-electron chi connectivity index (χ4n) is 2.61. The third-order valence-corrected chi connectivity index (χ3v) is 4.21. The highest BCUT2D eigenvalue weighted by atomic mass is 16.5. The number of carbonyl (C=O) groups is 1. The zero-order valence-electron chi connectivity index (χ0n) is 19.0. The van der Waals surface area contributed by atoms with Crippen molar-refractivity contribution in [2.24, 2.45) is 15.7 Å². The number of aliphatic imine (C=N–C) groups is 2. The lowest BCUT2D eigenvalue weighted by atomic mass is 10.2. The van der Waals surface area contributed by atoms with E-state index in [1.54, 1.807) is 18.2 Å². The van der Waals surface area contributed by atoms with Crippen LogP contribution in [0.2, 0.25) is 0 Å². The maximum Gasteiger partial charge on any atom is 0.321 e. The van der Waals surface area contributed by atoms with Crippen LogP contribution in [0, 0.1) is 0 Å². The van der Waals surface area contributed by atoms with Crippen LogP contribution in [-0.4, -0.2) is 32.2 Å². The van der Waals surface area contributed by atoms with E-state index in [9.17, 15) is 4.79 Å². The highest BCUT2D eigenvalue weighted by Gasteiger charge is 2.09. The number of amides is 2. The Morgan fingerprint density at radius 3 is 1.94 bits per heavy atom. The van der Waals surface area contributed by atoms with E-state index < -0.39 is 6.03 Å². The number of nitrogens with two attached hydrogens (primary N) is 1. The number of guanidine groups is 1. The molecule has 9 heteroatoms. The van der Waals surface area contributed by atoms with Crippen LogP contribution < -0.4 is 25.8 Å². The second-order valence-corrected chi connectivity index (χ2v) is 6.70. The molecule has 0 aliphatic heterocycles. The molecular formula is C25H27N5O4. The number of hydrogen-bond donors (Lipinski definition) is 3. The van der Waals surface area contributed by atoms with Crippen molar-refractivity contribution in [3.8, 4) is 11.5 Å². The van der Waals surface area contributed by atoms with Crippen molar-refractivity contribution >= 4 is 23.8 Å². The molecule has 2 amide bonds. The molecule has 0 fully saturated rings. The molecule has 3 rings (SSSR count). The van der Waals surface area contributed by atoms with E-state index in [0.29, 0.717) is 30.4 Å². The van der Waals surface area contributed by atoms with Gasteiger partial charge >= 0.3 is 6.03 Å². The summed E-state index contributed by atoms with van der Waals surface area (Å²) in [6, 6.07) is 24.5. The lowest BCUT2D eigenvalue weighted by Gasteiger charge is -2.14. The Morgan fingerprint density at radius 1 is 0.912 bits per heavy atom. The van der Waals surface area contributed by atoms with Crippen LogP contribution in [0.4, 0.5) is 10.5 Å². The molecule has 0 aliphatic rings. The highest BCUT2D eigenvalue weighted by molar-refractivity contribution is 5.96. The number of hydrogen-bond acceptors (Lipinski definition) is 6. The van der Waals surface area contributed by atoms with Crippen LogP contribution in [0.25, 0.3) is 0 Å². The summed E-state index contributed by atoms with van der Waals surface area (Å²) in [6.07, 6.45) is 1.31. The molecule has 0 aliphatic carbocycles. The number of urea groups is 1. The summed E-state index contributed by atoms with van der Waals surface area (Å²) in [4.78, 5) is 27.4. The van der Waals surface area contributed by atoms with Gasteiger partial charge in [0.15, 0.2) is 11.5 Å². The second kappa shape index (κ2) is 14.4. The predicted molar refractivity (Wildman–Crippen MR) is 131 cm³/mol. The SMILES string of the molecule is CN=C=O.CNC(=O)NC(N)=Nc1ccc(OCc2ccccc2)c(OCc2ccccc2)c1. The molecule has 9 nitrogen and oxygen atoms in total.